The van der Waals surface area contributed by atoms with Crippen LogP contribution in [0.1, 0.15) is 16.7 Å². The van der Waals surface area contributed by atoms with Crippen LogP contribution in [0.4, 0.5) is 4.39 Å². The molecule has 2 N–H and O–H groups in total. The lowest BCUT2D eigenvalue weighted by molar-refractivity contribution is -0.128. The zero-order valence-electron chi connectivity index (χ0n) is 12.2. The molecule has 2 aromatic rings. The van der Waals surface area contributed by atoms with Crippen molar-refractivity contribution < 1.29 is 14.0 Å². The van der Waals surface area contributed by atoms with Gasteiger partial charge in [0.1, 0.15) is 5.82 Å². The summed E-state index contributed by atoms with van der Waals surface area (Å²) in [4.78, 5) is 23.5. The molecule has 5 heteroatoms. The minimum atomic E-state index is -0.357. The van der Waals surface area contributed by atoms with Crippen LogP contribution < -0.4 is 10.9 Å². The van der Waals surface area contributed by atoms with Crippen molar-refractivity contribution in [3.05, 3.63) is 71.0 Å². The van der Waals surface area contributed by atoms with E-state index in [4.69, 9.17) is 0 Å². The van der Waals surface area contributed by atoms with Crippen LogP contribution in [0.5, 0.6) is 0 Å². The number of carbonyl (C=O) groups is 2. The van der Waals surface area contributed by atoms with Gasteiger partial charge < -0.3 is 0 Å². The molecular weight excluding hydrogens is 283 g/mol. The van der Waals surface area contributed by atoms with Crippen molar-refractivity contribution in [3.63, 3.8) is 0 Å². The van der Waals surface area contributed by atoms with Crippen molar-refractivity contribution in [2.24, 2.45) is 0 Å². The average Bonchev–Trinajstić information content (AvgIpc) is 2.50. The van der Waals surface area contributed by atoms with Crippen LogP contribution in [0.3, 0.4) is 0 Å². The lowest BCUT2D eigenvalue weighted by Gasteiger charge is -2.09. The van der Waals surface area contributed by atoms with Crippen molar-refractivity contribution in [2.45, 2.75) is 19.8 Å². The highest BCUT2D eigenvalue weighted by atomic mass is 19.1. The normalized spacial score (nSPS) is 10.1. The van der Waals surface area contributed by atoms with Gasteiger partial charge in [-0.3, -0.25) is 20.4 Å². The smallest absolute Gasteiger partial charge is 0.242 e. The molecule has 0 aliphatic heterocycles. The minimum Gasteiger partial charge on any atom is -0.273 e. The molecule has 2 aromatic carbocycles. The summed E-state index contributed by atoms with van der Waals surface area (Å²) in [5.41, 5.74) is 7.34. The number of rotatable bonds is 4. The Balaban J connectivity index is 1.79. The molecule has 0 bridgehead atoms. The van der Waals surface area contributed by atoms with Crippen LogP contribution in [0, 0.1) is 12.7 Å². The Labute approximate surface area is 128 Å². The molecule has 0 saturated heterocycles. The Morgan fingerprint density at radius 1 is 0.909 bits per heavy atom. The summed E-state index contributed by atoms with van der Waals surface area (Å²) < 4.78 is 12.8. The summed E-state index contributed by atoms with van der Waals surface area (Å²) >= 11 is 0. The van der Waals surface area contributed by atoms with E-state index in [0.717, 1.165) is 11.1 Å². The van der Waals surface area contributed by atoms with Crippen LogP contribution in [0.15, 0.2) is 48.5 Å². The van der Waals surface area contributed by atoms with Crippen LogP contribution in [0.25, 0.3) is 0 Å². The van der Waals surface area contributed by atoms with E-state index < -0.39 is 0 Å². The van der Waals surface area contributed by atoms with Gasteiger partial charge in [-0.2, -0.15) is 0 Å². The lowest BCUT2D eigenvalue weighted by Crippen LogP contribution is -2.43. The number of aryl methyl sites for hydroxylation is 1. The Kier molecular flexibility index (Phi) is 5.25. The van der Waals surface area contributed by atoms with Gasteiger partial charge in [-0.1, -0.05) is 36.4 Å². The molecule has 22 heavy (non-hydrogen) atoms. The summed E-state index contributed by atoms with van der Waals surface area (Å²) in [6.07, 6.45) is 0.272. The first-order valence-electron chi connectivity index (χ1n) is 6.91. The fourth-order valence-corrected chi connectivity index (χ4v) is 2.00. The Morgan fingerprint density at radius 3 is 2.14 bits per heavy atom. The predicted octanol–water partition coefficient (Wildman–Crippen LogP) is 2.07. The highest BCUT2D eigenvalue weighted by molar-refractivity contribution is 5.84. The second kappa shape index (κ2) is 7.36. The van der Waals surface area contributed by atoms with Crippen LogP contribution in [0.2, 0.25) is 0 Å². The number of amides is 2. The van der Waals surface area contributed by atoms with E-state index in [-0.39, 0.29) is 30.5 Å². The highest BCUT2D eigenvalue weighted by Gasteiger charge is 2.08. The third-order valence-corrected chi connectivity index (χ3v) is 3.23. The van der Waals surface area contributed by atoms with Crippen molar-refractivity contribution in [1.82, 2.24) is 10.9 Å². The van der Waals surface area contributed by atoms with Crippen LogP contribution in [-0.4, -0.2) is 11.8 Å². The minimum absolute atomic E-state index is 0.0743. The molecule has 0 radical (unpaired) electrons. The van der Waals surface area contributed by atoms with E-state index in [1.54, 1.807) is 0 Å². The Hall–Kier alpha value is -2.69. The molecular formula is C17H17FN2O2. The van der Waals surface area contributed by atoms with E-state index in [2.05, 4.69) is 10.9 Å². The van der Waals surface area contributed by atoms with Gasteiger partial charge in [0, 0.05) is 0 Å². The van der Waals surface area contributed by atoms with E-state index in [9.17, 15) is 14.0 Å². The van der Waals surface area contributed by atoms with E-state index in [1.807, 2.05) is 31.2 Å². The lowest BCUT2D eigenvalue weighted by atomic mass is 10.1. The van der Waals surface area contributed by atoms with Gasteiger partial charge in [0.15, 0.2) is 0 Å². The van der Waals surface area contributed by atoms with Crippen molar-refractivity contribution in [3.8, 4) is 0 Å². The second-order valence-corrected chi connectivity index (χ2v) is 5.00. The zero-order chi connectivity index (χ0) is 15.9. The first-order valence-corrected chi connectivity index (χ1v) is 6.91. The zero-order valence-corrected chi connectivity index (χ0v) is 12.2. The van der Waals surface area contributed by atoms with Crippen molar-refractivity contribution >= 4 is 11.8 Å². The molecule has 0 saturated carbocycles. The summed E-state index contributed by atoms with van der Waals surface area (Å²) in [6, 6.07) is 13.2. The number of hydrazine groups is 1. The van der Waals surface area contributed by atoms with Crippen LogP contribution in [-0.2, 0) is 22.4 Å². The molecule has 0 fully saturated rings. The number of hydrogen-bond donors (Lipinski definition) is 2. The van der Waals surface area contributed by atoms with Gasteiger partial charge in [-0.25, -0.2) is 4.39 Å². The standard InChI is InChI=1S/C17H17FN2O2/c1-12-4-2-3-5-14(12)11-17(22)20-19-16(21)10-13-6-8-15(18)9-7-13/h2-9H,10-11H2,1H3,(H,19,21)(H,20,22). The average molecular weight is 300 g/mol. The maximum Gasteiger partial charge on any atom is 0.242 e. The number of carbonyl (C=O) groups excluding carboxylic acids is 2. The highest BCUT2D eigenvalue weighted by Crippen LogP contribution is 2.07. The molecule has 0 unspecified atom stereocenters. The fraction of sp³-hybridized carbons (Fsp3) is 0.176. The molecule has 4 nitrogen and oxygen atoms in total. The topological polar surface area (TPSA) is 58.2 Å². The van der Waals surface area contributed by atoms with Gasteiger partial charge >= 0.3 is 0 Å². The van der Waals surface area contributed by atoms with E-state index in [1.165, 1.54) is 24.3 Å². The monoisotopic (exact) mass is 300 g/mol. The van der Waals surface area contributed by atoms with Crippen LogP contribution >= 0.6 is 0 Å². The van der Waals surface area contributed by atoms with E-state index in [0.29, 0.717) is 5.56 Å². The van der Waals surface area contributed by atoms with Gasteiger partial charge in [0.25, 0.3) is 0 Å². The molecule has 0 aliphatic carbocycles. The first kappa shape index (κ1) is 15.7. The molecule has 0 spiro atoms. The maximum atomic E-state index is 12.8. The summed E-state index contributed by atoms with van der Waals surface area (Å²) in [5.74, 6) is -0.998. The Bertz CT molecular complexity index is 669. The largest absolute Gasteiger partial charge is 0.273 e. The molecule has 2 rings (SSSR count). The summed E-state index contributed by atoms with van der Waals surface area (Å²) in [5, 5.41) is 0. The van der Waals surface area contributed by atoms with Crippen molar-refractivity contribution in [1.29, 1.82) is 0 Å². The van der Waals surface area contributed by atoms with Crippen molar-refractivity contribution in [2.75, 3.05) is 0 Å². The number of nitrogens with one attached hydrogen (secondary N) is 2. The van der Waals surface area contributed by atoms with Gasteiger partial charge in [-0.05, 0) is 35.7 Å². The van der Waals surface area contributed by atoms with E-state index >= 15 is 0 Å². The Morgan fingerprint density at radius 2 is 1.50 bits per heavy atom. The van der Waals surface area contributed by atoms with Gasteiger partial charge in [0.2, 0.25) is 11.8 Å². The molecule has 2 amide bonds. The fourth-order valence-electron chi connectivity index (χ4n) is 2.00. The molecule has 0 aromatic heterocycles. The molecule has 0 atom stereocenters. The quantitative estimate of drug-likeness (QED) is 0.849. The molecule has 114 valence electrons. The SMILES string of the molecule is Cc1ccccc1CC(=O)NNC(=O)Cc1ccc(F)cc1. The molecule has 0 heterocycles. The van der Waals surface area contributed by atoms with Gasteiger partial charge in [-0.15, -0.1) is 0 Å². The number of halogens is 1. The number of benzene rings is 2. The number of hydrogen-bond acceptors (Lipinski definition) is 2. The second-order valence-electron chi connectivity index (χ2n) is 5.00. The predicted molar refractivity (Wildman–Crippen MR) is 81.3 cm³/mol. The third kappa shape index (κ3) is 4.70. The van der Waals surface area contributed by atoms with Gasteiger partial charge in [0.05, 0.1) is 12.8 Å². The summed E-state index contributed by atoms with van der Waals surface area (Å²) in [7, 11) is 0. The first-order chi connectivity index (χ1) is 10.5. The summed E-state index contributed by atoms with van der Waals surface area (Å²) in [6.45, 7) is 1.93. The third-order valence-electron chi connectivity index (χ3n) is 3.23. The maximum absolute atomic E-state index is 12.8. The molecule has 0 aliphatic rings.